The Morgan fingerprint density at radius 3 is 2.50 bits per heavy atom. The van der Waals surface area contributed by atoms with Gasteiger partial charge in [-0.2, -0.15) is 5.10 Å². The second-order valence-electron chi connectivity index (χ2n) is 4.98. The third kappa shape index (κ3) is 2.31. The quantitative estimate of drug-likeness (QED) is 0.794. The van der Waals surface area contributed by atoms with Crippen LogP contribution in [0.2, 0.25) is 0 Å². The maximum Gasteiger partial charge on any atom is 0.0568 e. The molecular weight excluding hydrogens is 222 g/mol. The van der Waals surface area contributed by atoms with Crippen molar-refractivity contribution in [2.75, 3.05) is 13.1 Å². The first-order valence-corrected chi connectivity index (χ1v) is 6.57. The van der Waals surface area contributed by atoms with Gasteiger partial charge in [-0.05, 0) is 25.3 Å². The van der Waals surface area contributed by atoms with E-state index < -0.39 is 0 Å². The minimum Gasteiger partial charge on any atom is -0.269 e. The number of benzene rings is 1. The molecule has 93 valence electrons. The molecule has 0 bridgehead atoms. The van der Waals surface area contributed by atoms with Crippen molar-refractivity contribution in [3.63, 3.8) is 0 Å². The predicted molar refractivity (Wildman–Crippen MR) is 72.5 cm³/mol. The third-order valence-electron chi connectivity index (χ3n) is 3.60. The normalized spacial score (nSPS) is 16.9. The Bertz CT molecular complexity index is 507. The van der Waals surface area contributed by atoms with Gasteiger partial charge in [0.05, 0.1) is 12.2 Å². The molecular formula is C15H18N3. The molecule has 1 fully saturated rings. The number of aromatic nitrogens is 2. The molecule has 1 aliphatic rings. The smallest absolute Gasteiger partial charge is 0.0568 e. The summed E-state index contributed by atoms with van der Waals surface area (Å²) in [6.45, 7) is 4.06. The highest BCUT2D eigenvalue weighted by Gasteiger charge is 2.16. The summed E-state index contributed by atoms with van der Waals surface area (Å²) in [6, 6.07) is 9.14. The molecule has 1 radical (unpaired) electrons. The van der Waals surface area contributed by atoms with E-state index in [0.29, 0.717) is 6.04 Å². The standard InChI is InChI=1S/C15H18N3/c1-12-2-4-13(5-3-12)14-10-17-18(11-14)15-6-8-16-9-7-15/h2-5,10-11,15H,6-9H2,1H3. The number of hydrogen-bond donors (Lipinski definition) is 0. The summed E-state index contributed by atoms with van der Waals surface area (Å²) < 4.78 is 2.11. The van der Waals surface area contributed by atoms with Gasteiger partial charge in [0.2, 0.25) is 0 Å². The fourth-order valence-corrected chi connectivity index (χ4v) is 2.43. The lowest BCUT2D eigenvalue weighted by atomic mass is 10.1. The van der Waals surface area contributed by atoms with Crippen LogP contribution in [-0.2, 0) is 0 Å². The highest BCUT2D eigenvalue weighted by molar-refractivity contribution is 5.61. The molecule has 0 spiro atoms. The van der Waals surface area contributed by atoms with Crippen LogP contribution in [0.15, 0.2) is 36.7 Å². The Labute approximate surface area is 108 Å². The van der Waals surface area contributed by atoms with Crippen molar-refractivity contribution in [1.82, 2.24) is 15.1 Å². The Morgan fingerprint density at radius 1 is 1.06 bits per heavy atom. The van der Waals surface area contributed by atoms with Gasteiger partial charge >= 0.3 is 0 Å². The van der Waals surface area contributed by atoms with E-state index >= 15 is 0 Å². The SMILES string of the molecule is Cc1ccc(-c2cnn(C3CC[N]CC3)c2)cc1. The molecule has 0 N–H and O–H groups in total. The molecule has 3 nitrogen and oxygen atoms in total. The summed E-state index contributed by atoms with van der Waals surface area (Å²) in [6.07, 6.45) is 6.38. The van der Waals surface area contributed by atoms with E-state index in [-0.39, 0.29) is 0 Å². The van der Waals surface area contributed by atoms with Crippen molar-refractivity contribution in [1.29, 1.82) is 0 Å². The van der Waals surface area contributed by atoms with Gasteiger partial charge in [-0.1, -0.05) is 29.8 Å². The third-order valence-corrected chi connectivity index (χ3v) is 3.60. The van der Waals surface area contributed by atoms with Crippen molar-refractivity contribution >= 4 is 0 Å². The molecule has 0 atom stereocenters. The Morgan fingerprint density at radius 2 is 1.78 bits per heavy atom. The van der Waals surface area contributed by atoms with Crippen LogP contribution in [0.4, 0.5) is 0 Å². The minimum absolute atomic E-state index is 0.529. The van der Waals surface area contributed by atoms with Gasteiger partial charge < -0.3 is 0 Å². The Kier molecular flexibility index (Phi) is 3.15. The van der Waals surface area contributed by atoms with Crippen LogP contribution < -0.4 is 5.32 Å². The monoisotopic (exact) mass is 240 g/mol. The number of rotatable bonds is 2. The molecule has 3 heteroatoms. The molecule has 1 aromatic carbocycles. The summed E-state index contributed by atoms with van der Waals surface area (Å²) in [5.41, 5.74) is 3.74. The van der Waals surface area contributed by atoms with Gasteiger partial charge in [-0.25, -0.2) is 5.32 Å². The molecule has 0 saturated carbocycles. The molecule has 2 aromatic rings. The number of aryl methyl sites for hydroxylation is 1. The lowest BCUT2D eigenvalue weighted by molar-refractivity contribution is 0.339. The van der Waals surface area contributed by atoms with Gasteiger partial charge in [0.1, 0.15) is 0 Å². The second kappa shape index (κ2) is 4.94. The number of nitrogens with zero attached hydrogens (tertiary/aromatic N) is 3. The van der Waals surface area contributed by atoms with E-state index in [1.54, 1.807) is 0 Å². The van der Waals surface area contributed by atoms with Gasteiger partial charge in [0.15, 0.2) is 0 Å². The summed E-state index contributed by atoms with van der Waals surface area (Å²) >= 11 is 0. The molecule has 18 heavy (non-hydrogen) atoms. The first kappa shape index (κ1) is 11.5. The molecule has 0 amide bonds. The first-order valence-electron chi connectivity index (χ1n) is 6.57. The van der Waals surface area contributed by atoms with Gasteiger partial charge in [-0.15, -0.1) is 0 Å². The summed E-state index contributed by atoms with van der Waals surface area (Å²) in [5.74, 6) is 0. The van der Waals surface area contributed by atoms with Gasteiger partial charge in [0, 0.05) is 24.8 Å². The van der Waals surface area contributed by atoms with Crippen LogP contribution in [0.1, 0.15) is 24.4 Å². The zero-order valence-corrected chi connectivity index (χ0v) is 10.7. The van der Waals surface area contributed by atoms with E-state index in [2.05, 4.69) is 52.5 Å². The molecule has 0 unspecified atom stereocenters. The van der Waals surface area contributed by atoms with E-state index in [4.69, 9.17) is 0 Å². The van der Waals surface area contributed by atoms with Crippen LogP contribution in [0, 0.1) is 6.92 Å². The lowest BCUT2D eigenvalue weighted by Crippen LogP contribution is -2.24. The van der Waals surface area contributed by atoms with Crippen molar-refractivity contribution in [2.45, 2.75) is 25.8 Å². The fourth-order valence-electron chi connectivity index (χ4n) is 2.43. The summed E-state index contributed by atoms with van der Waals surface area (Å²) in [4.78, 5) is 0. The average Bonchev–Trinajstić information content (AvgIpc) is 2.90. The zero-order valence-electron chi connectivity index (χ0n) is 10.7. The highest BCUT2D eigenvalue weighted by Crippen LogP contribution is 2.23. The zero-order chi connectivity index (χ0) is 12.4. The Balaban J connectivity index is 1.82. The van der Waals surface area contributed by atoms with E-state index in [1.807, 2.05) is 6.20 Å². The highest BCUT2D eigenvalue weighted by atomic mass is 15.3. The van der Waals surface area contributed by atoms with Crippen molar-refractivity contribution in [3.8, 4) is 11.1 Å². The van der Waals surface area contributed by atoms with Gasteiger partial charge in [-0.3, -0.25) is 4.68 Å². The Hall–Kier alpha value is -1.61. The number of hydrogen-bond acceptors (Lipinski definition) is 1. The molecule has 1 aromatic heterocycles. The molecule has 2 heterocycles. The van der Waals surface area contributed by atoms with Gasteiger partial charge in [0.25, 0.3) is 0 Å². The van der Waals surface area contributed by atoms with Crippen LogP contribution in [0.3, 0.4) is 0 Å². The second-order valence-corrected chi connectivity index (χ2v) is 4.98. The average molecular weight is 240 g/mol. The topological polar surface area (TPSA) is 31.9 Å². The molecule has 3 rings (SSSR count). The maximum atomic E-state index is 4.51. The van der Waals surface area contributed by atoms with Crippen molar-refractivity contribution in [2.24, 2.45) is 0 Å². The summed E-state index contributed by atoms with van der Waals surface area (Å²) in [5, 5.41) is 8.90. The number of piperidine rings is 1. The van der Waals surface area contributed by atoms with E-state index in [0.717, 1.165) is 25.9 Å². The largest absolute Gasteiger partial charge is 0.269 e. The molecule has 1 saturated heterocycles. The predicted octanol–water partition coefficient (Wildman–Crippen LogP) is 2.80. The molecule has 1 aliphatic heterocycles. The minimum atomic E-state index is 0.529. The van der Waals surface area contributed by atoms with Crippen LogP contribution in [0.25, 0.3) is 11.1 Å². The van der Waals surface area contributed by atoms with E-state index in [1.165, 1.54) is 16.7 Å². The fraction of sp³-hybridized carbons (Fsp3) is 0.400. The summed E-state index contributed by atoms with van der Waals surface area (Å²) in [7, 11) is 0. The lowest BCUT2D eigenvalue weighted by Gasteiger charge is -2.21. The first-order chi connectivity index (χ1) is 8.83. The van der Waals surface area contributed by atoms with Crippen molar-refractivity contribution < 1.29 is 0 Å². The van der Waals surface area contributed by atoms with Crippen molar-refractivity contribution in [3.05, 3.63) is 42.2 Å². The van der Waals surface area contributed by atoms with Crippen LogP contribution in [-0.4, -0.2) is 22.9 Å². The van der Waals surface area contributed by atoms with Crippen LogP contribution in [0.5, 0.6) is 0 Å². The molecule has 0 aliphatic carbocycles. The maximum absolute atomic E-state index is 4.51. The van der Waals surface area contributed by atoms with Crippen LogP contribution >= 0.6 is 0 Å². The van der Waals surface area contributed by atoms with E-state index in [9.17, 15) is 0 Å².